The van der Waals surface area contributed by atoms with Crippen LogP contribution in [0.1, 0.15) is 24.4 Å². The van der Waals surface area contributed by atoms with Crippen LogP contribution in [0, 0.1) is 0 Å². The van der Waals surface area contributed by atoms with Crippen molar-refractivity contribution in [2.24, 2.45) is 5.73 Å². The molecule has 0 radical (unpaired) electrons. The second-order valence-electron chi connectivity index (χ2n) is 5.73. The van der Waals surface area contributed by atoms with Gasteiger partial charge in [-0.25, -0.2) is 0 Å². The third-order valence-corrected chi connectivity index (χ3v) is 5.62. The Kier molecular flexibility index (Phi) is 4.68. The lowest BCUT2D eigenvalue weighted by Crippen LogP contribution is -2.49. The average molecular weight is 359 g/mol. The fraction of sp³-hybridized carbons (Fsp3) is 0.600. The van der Waals surface area contributed by atoms with Gasteiger partial charge in [0.15, 0.2) is 0 Å². The second-order valence-corrected chi connectivity index (χ2v) is 6.99. The molecule has 110 valence electrons. The highest BCUT2D eigenvalue weighted by Gasteiger charge is 2.32. The Balaban J connectivity index is 1.68. The van der Waals surface area contributed by atoms with Crippen LogP contribution in [0.5, 0.6) is 0 Å². The molecule has 1 unspecified atom stereocenters. The summed E-state index contributed by atoms with van der Waals surface area (Å²) in [5.41, 5.74) is 7.28. The molecule has 1 saturated heterocycles. The maximum atomic E-state index is 6.08. The van der Waals surface area contributed by atoms with E-state index in [1.165, 1.54) is 31.5 Å². The molecule has 2 aliphatic rings. The first kappa shape index (κ1) is 14.8. The van der Waals surface area contributed by atoms with Gasteiger partial charge < -0.3 is 5.73 Å². The summed E-state index contributed by atoms with van der Waals surface area (Å²) in [6.45, 7) is 5.22. The molecule has 0 amide bonds. The number of nitrogens with two attached hydrogens (primary N) is 1. The molecule has 2 fully saturated rings. The summed E-state index contributed by atoms with van der Waals surface area (Å²) in [7, 11) is 0. The minimum absolute atomic E-state index is 0.296. The summed E-state index contributed by atoms with van der Waals surface area (Å²) in [5, 5.41) is 0.753. The predicted octanol–water partition coefficient (Wildman–Crippen LogP) is 2.88. The molecule has 0 spiro atoms. The zero-order chi connectivity index (χ0) is 14.1. The number of benzene rings is 1. The van der Waals surface area contributed by atoms with E-state index in [2.05, 4.69) is 37.9 Å². The highest BCUT2D eigenvalue weighted by Crippen LogP contribution is 2.31. The minimum atomic E-state index is 0.296. The molecular formula is C15H21BrClN3. The van der Waals surface area contributed by atoms with Crippen LogP contribution < -0.4 is 5.73 Å². The summed E-state index contributed by atoms with van der Waals surface area (Å²) < 4.78 is 0.951. The predicted molar refractivity (Wildman–Crippen MR) is 87.1 cm³/mol. The highest BCUT2D eigenvalue weighted by molar-refractivity contribution is 9.10. The molecule has 3 rings (SSSR count). The first-order valence-electron chi connectivity index (χ1n) is 7.32. The zero-order valence-corrected chi connectivity index (χ0v) is 13.9. The molecule has 1 aromatic carbocycles. The number of halogens is 2. The molecule has 1 aromatic rings. The number of hydrogen-bond acceptors (Lipinski definition) is 3. The van der Waals surface area contributed by atoms with E-state index in [-0.39, 0.29) is 0 Å². The van der Waals surface area contributed by atoms with Crippen molar-refractivity contribution in [3.05, 3.63) is 33.3 Å². The van der Waals surface area contributed by atoms with E-state index in [0.717, 1.165) is 28.6 Å². The molecule has 3 nitrogen and oxygen atoms in total. The number of rotatable bonds is 4. The van der Waals surface area contributed by atoms with E-state index < -0.39 is 0 Å². The van der Waals surface area contributed by atoms with Crippen molar-refractivity contribution < 1.29 is 0 Å². The molecule has 0 bridgehead atoms. The molecule has 1 aliphatic heterocycles. The van der Waals surface area contributed by atoms with Crippen molar-refractivity contribution in [2.75, 3.05) is 32.7 Å². The maximum Gasteiger partial charge on any atom is 0.0548 e. The maximum absolute atomic E-state index is 6.08. The van der Waals surface area contributed by atoms with Crippen LogP contribution in [0.2, 0.25) is 5.02 Å². The van der Waals surface area contributed by atoms with Crippen LogP contribution in [0.4, 0.5) is 0 Å². The van der Waals surface area contributed by atoms with E-state index in [1.54, 1.807) is 0 Å². The summed E-state index contributed by atoms with van der Waals surface area (Å²) in [6.07, 6.45) is 2.79. The van der Waals surface area contributed by atoms with E-state index in [1.807, 2.05) is 6.07 Å². The van der Waals surface area contributed by atoms with Gasteiger partial charge in [-0.3, -0.25) is 9.80 Å². The Labute approximate surface area is 134 Å². The summed E-state index contributed by atoms with van der Waals surface area (Å²) in [6, 6.07) is 7.32. The lowest BCUT2D eigenvalue weighted by molar-refractivity contribution is 0.0938. The number of piperazine rings is 1. The van der Waals surface area contributed by atoms with Gasteiger partial charge in [-0.2, -0.15) is 0 Å². The van der Waals surface area contributed by atoms with Gasteiger partial charge in [0, 0.05) is 49.3 Å². The normalized spacial score (nSPS) is 22.9. The number of hydrogen-bond donors (Lipinski definition) is 1. The van der Waals surface area contributed by atoms with Crippen molar-refractivity contribution in [1.29, 1.82) is 0 Å². The molecule has 1 heterocycles. The van der Waals surface area contributed by atoms with Gasteiger partial charge in [-0.15, -0.1) is 0 Å². The first-order valence-corrected chi connectivity index (χ1v) is 8.49. The molecular weight excluding hydrogens is 338 g/mol. The minimum Gasteiger partial charge on any atom is -0.329 e. The molecule has 2 N–H and O–H groups in total. The van der Waals surface area contributed by atoms with E-state index in [9.17, 15) is 0 Å². The van der Waals surface area contributed by atoms with Gasteiger partial charge in [-0.1, -0.05) is 17.7 Å². The van der Waals surface area contributed by atoms with Crippen molar-refractivity contribution in [3.8, 4) is 0 Å². The lowest BCUT2D eigenvalue weighted by Gasteiger charge is -2.39. The van der Waals surface area contributed by atoms with Gasteiger partial charge in [0.2, 0.25) is 0 Å². The largest absolute Gasteiger partial charge is 0.329 e. The van der Waals surface area contributed by atoms with Crippen molar-refractivity contribution in [3.63, 3.8) is 0 Å². The van der Waals surface area contributed by atoms with E-state index >= 15 is 0 Å². The summed E-state index contributed by atoms with van der Waals surface area (Å²) in [5.74, 6) is 0. The SMILES string of the molecule is NCC(c1ccc(Cl)c(Br)c1)N1CCN(C2CC2)CC1. The molecule has 1 aliphatic carbocycles. The zero-order valence-electron chi connectivity index (χ0n) is 11.6. The standard InChI is InChI=1S/C15H21BrClN3/c16-13-9-11(1-4-14(13)17)15(10-18)20-7-5-19(6-8-20)12-2-3-12/h1,4,9,12,15H,2-3,5-8,10,18H2. The Morgan fingerprint density at radius 3 is 2.50 bits per heavy atom. The van der Waals surface area contributed by atoms with Crippen molar-refractivity contribution in [2.45, 2.75) is 24.9 Å². The average Bonchev–Trinajstić information content (AvgIpc) is 3.29. The first-order chi connectivity index (χ1) is 9.69. The van der Waals surface area contributed by atoms with Crippen LogP contribution in [-0.2, 0) is 0 Å². The molecule has 20 heavy (non-hydrogen) atoms. The quantitative estimate of drug-likeness (QED) is 0.898. The van der Waals surface area contributed by atoms with Gasteiger partial charge in [0.25, 0.3) is 0 Å². The van der Waals surface area contributed by atoms with Crippen molar-refractivity contribution >= 4 is 27.5 Å². The van der Waals surface area contributed by atoms with Gasteiger partial charge in [0.05, 0.1) is 5.02 Å². The van der Waals surface area contributed by atoms with Crippen LogP contribution in [0.25, 0.3) is 0 Å². The topological polar surface area (TPSA) is 32.5 Å². The summed E-state index contributed by atoms with van der Waals surface area (Å²) in [4.78, 5) is 5.14. The summed E-state index contributed by atoms with van der Waals surface area (Å²) >= 11 is 9.58. The Morgan fingerprint density at radius 1 is 1.25 bits per heavy atom. The fourth-order valence-corrected chi connectivity index (χ4v) is 3.58. The highest BCUT2D eigenvalue weighted by atomic mass is 79.9. The lowest BCUT2D eigenvalue weighted by atomic mass is 10.0. The van der Waals surface area contributed by atoms with Crippen LogP contribution in [0.15, 0.2) is 22.7 Å². The third-order valence-electron chi connectivity index (χ3n) is 4.40. The van der Waals surface area contributed by atoms with Gasteiger partial charge in [0.1, 0.15) is 0 Å². The van der Waals surface area contributed by atoms with E-state index in [4.69, 9.17) is 17.3 Å². The second kappa shape index (κ2) is 6.32. The van der Waals surface area contributed by atoms with Crippen molar-refractivity contribution in [1.82, 2.24) is 9.80 Å². The number of nitrogens with zero attached hydrogens (tertiary/aromatic N) is 2. The smallest absolute Gasteiger partial charge is 0.0548 e. The van der Waals surface area contributed by atoms with Crippen LogP contribution >= 0.6 is 27.5 Å². The third kappa shape index (κ3) is 3.20. The molecule has 0 aromatic heterocycles. The monoisotopic (exact) mass is 357 g/mol. The molecule has 1 atom stereocenters. The van der Waals surface area contributed by atoms with Crippen LogP contribution in [0.3, 0.4) is 0 Å². The van der Waals surface area contributed by atoms with Gasteiger partial charge >= 0.3 is 0 Å². The fourth-order valence-electron chi connectivity index (χ4n) is 3.07. The van der Waals surface area contributed by atoms with Crippen LogP contribution in [-0.4, -0.2) is 48.6 Å². The Bertz CT molecular complexity index is 470. The molecule has 5 heteroatoms. The Hall–Kier alpha value is -0.130. The van der Waals surface area contributed by atoms with E-state index in [0.29, 0.717) is 12.6 Å². The molecule has 1 saturated carbocycles. The van der Waals surface area contributed by atoms with Gasteiger partial charge in [-0.05, 0) is 46.5 Å². The Morgan fingerprint density at radius 2 is 1.95 bits per heavy atom.